The van der Waals surface area contributed by atoms with E-state index in [9.17, 15) is 14.4 Å². The maximum Gasteiger partial charge on any atom is 0.410 e. The van der Waals surface area contributed by atoms with Crippen LogP contribution in [-0.2, 0) is 22.4 Å². The molecule has 0 saturated carbocycles. The highest BCUT2D eigenvalue weighted by Crippen LogP contribution is 2.23. The molecule has 10 heteroatoms. The highest BCUT2D eigenvalue weighted by Gasteiger charge is 2.31. The number of aromatic nitrogens is 2. The molecule has 2 aromatic heterocycles. The van der Waals surface area contributed by atoms with Gasteiger partial charge in [0.25, 0.3) is 5.91 Å². The van der Waals surface area contributed by atoms with Crippen LogP contribution in [0.1, 0.15) is 61.0 Å². The zero-order chi connectivity index (χ0) is 24.3. The number of fused-ring (bicyclic) bond motifs is 1. The van der Waals surface area contributed by atoms with Gasteiger partial charge in [0.1, 0.15) is 5.60 Å². The molecular formula is C24H31N5O4S. The zero-order valence-corrected chi connectivity index (χ0v) is 20.6. The van der Waals surface area contributed by atoms with E-state index in [1.807, 2.05) is 32.2 Å². The van der Waals surface area contributed by atoms with E-state index in [1.54, 1.807) is 17.2 Å². The fraction of sp³-hybridized carbons (Fsp3) is 0.542. The number of amides is 3. The number of nitrogens with zero attached hydrogens (tertiary/aromatic N) is 3. The number of likely N-dealkylation sites (tertiary alicyclic amines) is 1. The lowest BCUT2D eigenvalue weighted by Gasteiger charge is -2.34. The monoisotopic (exact) mass is 485 g/mol. The van der Waals surface area contributed by atoms with Crippen molar-refractivity contribution in [1.29, 1.82) is 0 Å². The minimum absolute atomic E-state index is 0.0269. The van der Waals surface area contributed by atoms with E-state index < -0.39 is 5.60 Å². The van der Waals surface area contributed by atoms with Crippen LogP contribution in [0, 0.1) is 5.92 Å². The van der Waals surface area contributed by atoms with Crippen molar-refractivity contribution in [2.24, 2.45) is 5.92 Å². The first-order valence-electron chi connectivity index (χ1n) is 11.7. The summed E-state index contributed by atoms with van der Waals surface area (Å²) in [6, 6.07) is 3.61. The number of carbonyl (C=O) groups is 3. The Labute approximate surface area is 203 Å². The first-order valence-corrected chi connectivity index (χ1v) is 12.5. The van der Waals surface area contributed by atoms with Gasteiger partial charge in [-0.05, 0) is 69.9 Å². The summed E-state index contributed by atoms with van der Waals surface area (Å²) in [4.78, 5) is 48.4. The van der Waals surface area contributed by atoms with E-state index in [-0.39, 0.29) is 29.9 Å². The quantitative estimate of drug-likeness (QED) is 0.686. The van der Waals surface area contributed by atoms with E-state index in [1.165, 1.54) is 11.3 Å². The predicted octanol–water partition coefficient (Wildman–Crippen LogP) is 3.41. The Balaban J connectivity index is 1.26. The molecule has 0 aromatic carbocycles. The number of rotatable bonds is 4. The van der Waals surface area contributed by atoms with Crippen molar-refractivity contribution in [2.75, 3.05) is 18.4 Å². The second-order valence-corrected chi connectivity index (χ2v) is 10.7. The largest absolute Gasteiger partial charge is 0.444 e. The Hall–Kier alpha value is -3.01. The van der Waals surface area contributed by atoms with E-state index in [0.29, 0.717) is 49.6 Å². The lowest BCUT2D eigenvalue weighted by atomic mass is 9.91. The Morgan fingerprint density at radius 3 is 2.62 bits per heavy atom. The summed E-state index contributed by atoms with van der Waals surface area (Å²) in [5.74, 6) is 0.0224. The second-order valence-electron chi connectivity index (χ2n) is 9.79. The fourth-order valence-corrected chi connectivity index (χ4v) is 4.85. The van der Waals surface area contributed by atoms with Gasteiger partial charge in [0.15, 0.2) is 0 Å². The minimum atomic E-state index is -0.525. The van der Waals surface area contributed by atoms with Crippen LogP contribution in [0.3, 0.4) is 0 Å². The Kier molecular flexibility index (Phi) is 7.16. The van der Waals surface area contributed by atoms with Crippen molar-refractivity contribution in [3.05, 3.63) is 39.8 Å². The highest BCUT2D eigenvalue weighted by molar-refractivity contribution is 7.12. The third-order valence-electron chi connectivity index (χ3n) is 5.98. The fourth-order valence-electron chi connectivity index (χ4n) is 4.23. The van der Waals surface area contributed by atoms with Crippen LogP contribution in [-0.4, -0.2) is 57.5 Å². The molecule has 3 amide bonds. The molecule has 4 rings (SSSR count). The number of hydrogen-bond acceptors (Lipinski definition) is 7. The summed E-state index contributed by atoms with van der Waals surface area (Å²) < 4.78 is 5.43. The summed E-state index contributed by atoms with van der Waals surface area (Å²) in [7, 11) is 0. The number of thiophene rings is 1. The molecule has 1 fully saturated rings. The van der Waals surface area contributed by atoms with Gasteiger partial charge in [0.05, 0.1) is 4.88 Å². The van der Waals surface area contributed by atoms with Gasteiger partial charge in [-0.3, -0.25) is 14.9 Å². The number of piperidine rings is 1. The predicted molar refractivity (Wildman–Crippen MR) is 129 cm³/mol. The van der Waals surface area contributed by atoms with E-state index in [2.05, 4.69) is 20.6 Å². The standard InChI is InChI=1S/C24H31N5O4S/c1-24(2,3)33-23(32)29-10-8-15(9-11-29)20(30)26-17-6-7-18-16(13-17)14-25-22(27-18)28-21(31)19-5-4-12-34-19/h4-5,12,14-15,17H,6-11,13H2,1-3H3,(H,26,30)(H,25,27,28,31). The normalized spacial score (nSPS) is 18.7. The van der Waals surface area contributed by atoms with Gasteiger partial charge in [-0.2, -0.15) is 0 Å². The smallest absolute Gasteiger partial charge is 0.410 e. The first kappa shape index (κ1) is 24.1. The van der Waals surface area contributed by atoms with E-state index in [4.69, 9.17) is 4.74 Å². The molecule has 2 aromatic rings. The SMILES string of the molecule is CC(C)(C)OC(=O)N1CCC(C(=O)NC2CCc3nc(NC(=O)c4cccs4)ncc3C2)CC1. The van der Waals surface area contributed by atoms with Crippen molar-refractivity contribution in [1.82, 2.24) is 20.2 Å². The van der Waals surface area contributed by atoms with E-state index in [0.717, 1.165) is 17.7 Å². The highest BCUT2D eigenvalue weighted by atomic mass is 32.1. The van der Waals surface area contributed by atoms with Crippen molar-refractivity contribution in [3.8, 4) is 0 Å². The van der Waals surface area contributed by atoms with Crippen LogP contribution >= 0.6 is 11.3 Å². The van der Waals surface area contributed by atoms with Gasteiger partial charge >= 0.3 is 6.09 Å². The molecule has 1 unspecified atom stereocenters. The molecular weight excluding hydrogens is 454 g/mol. The third kappa shape index (κ3) is 6.11. The van der Waals surface area contributed by atoms with Crippen molar-refractivity contribution in [3.63, 3.8) is 0 Å². The first-order chi connectivity index (χ1) is 16.2. The van der Waals surface area contributed by atoms with Crippen LogP contribution in [0.4, 0.5) is 10.7 Å². The van der Waals surface area contributed by atoms with Gasteiger partial charge in [-0.25, -0.2) is 14.8 Å². The zero-order valence-electron chi connectivity index (χ0n) is 19.8. The van der Waals surface area contributed by atoms with Crippen LogP contribution < -0.4 is 10.6 Å². The molecule has 1 aliphatic carbocycles. The van der Waals surface area contributed by atoms with Crippen molar-refractivity contribution >= 4 is 35.2 Å². The second kappa shape index (κ2) is 10.1. The maximum atomic E-state index is 12.8. The molecule has 1 atom stereocenters. The van der Waals surface area contributed by atoms with E-state index >= 15 is 0 Å². The number of hydrogen-bond donors (Lipinski definition) is 2. The lowest BCUT2D eigenvalue weighted by molar-refractivity contribution is -0.127. The van der Waals surface area contributed by atoms with Crippen molar-refractivity contribution < 1.29 is 19.1 Å². The van der Waals surface area contributed by atoms with Crippen LogP contribution in [0.2, 0.25) is 0 Å². The van der Waals surface area contributed by atoms with Crippen LogP contribution in [0.25, 0.3) is 0 Å². The molecule has 34 heavy (non-hydrogen) atoms. The van der Waals surface area contributed by atoms with Gasteiger partial charge in [0.2, 0.25) is 11.9 Å². The topological polar surface area (TPSA) is 114 Å². The molecule has 9 nitrogen and oxygen atoms in total. The summed E-state index contributed by atoms with van der Waals surface area (Å²) in [5, 5.41) is 7.78. The summed E-state index contributed by atoms with van der Waals surface area (Å²) in [6.07, 6.45) is 4.84. The molecule has 1 aliphatic heterocycles. The average molecular weight is 486 g/mol. The molecule has 0 radical (unpaired) electrons. The van der Waals surface area contributed by atoms with Crippen LogP contribution in [0.5, 0.6) is 0 Å². The summed E-state index contributed by atoms with van der Waals surface area (Å²) >= 11 is 1.37. The number of nitrogens with one attached hydrogen (secondary N) is 2. The third-order valence-corrected chi connectivity index (χ3v) is 6.85. The summed E-state index contributed by atoms with van der Waals surface area (Å²) in [6.45, 7) is 6.59. The molecule has 182 valence electrons. The number of anilines is 1. The Morgan fingerprint density at radius 2 is 1.94 bits per heavy atom. The molecule has 2 N–H and O–H groups in total. The van der Waals surface area contributed by atoms with Gasteiger partial charge in [-0.1, -0.05) is 6.07 Å². The lowest BCUT2D eigenvalue weighted by Crippen LogP contribution is -2.47. The molecule has 3 heterocycles. The van der Waals surface area contributed by atoms with Gasteiger partial charge < -0.3 is 15.0 Å². The van der Waals surface area contributed by atoms with Crippen molar-refractivity contribution in [2.45, 2.75) is 64.5 Å². The van der Waals surface area contributed by atoms with Gasteiger partial charge in [0, 0.05) is 36.9 Å². The molecule has 2 aliphatic rings. The molecule has 0 bridgehead atoms. The Bertz CT molecular complexity index is 1040. The summed E-state index contributed by atoms with van der Waals surface area (Å²) in [5.41, 5.74) is 1.38. The number of carbonyl (C=O) groups excluding carboxylic acids is 3. The van der Waals surface area contributed by atoms with Gasteiger partial charge in [-0.15, -0.1) is 11.3 Å². The Morgan fingerprint density at radius 1 is 1.18 bits per heavy atom. The average Bonchev–Trinajstić information content (AvgIpc) is 3.33. The number of aryl methyl sites for hydroxylation is 1. The number of ether oxygens (including phenoxy) is 1. The molecule has 0 spiro atoms. The minimum Gasteiger partial charge on any atom is -0.444 e. The maximum absolute atomic E-state index is 12.8. The molecule has 1 saturated heterocycles. The van der Waals surface area contributed by atoms with Crippen LogP contribution in [0.15, 0.2) is 23.7 Å².